The first-order valence-electron chi connectivity index (χ1n) is 22.8. The average molecular weight is 873 g/mol. The minimum atomic E-state index is -0.709. The molecule has 2 unspecified atom stereocenters. The highest BCUT2D eigenvalue weighted by Crippen LogP contribution is 2.49. The molecule has 5 aliphatic rings. The largest absolute Gasteiger partial charge is 0.488 e. The lowest BCUT2D eigenvalue weighted by atomic mass is 9.90. The highest BCUT2D eigenvalue weighted by Gasteiger charge is 2.49. The molecule has 2 aromatic heterocycles. The Morgan fingerprint density at radius 1 is 0.844 bits per heavy atom. The third-order valence-corrected chi connectivity index (χ3v) is 14.4. The first kappa shape index (κ1) is 41.8. The topological polar surface area (TPSA) is 193 Å². The number of amides is 4. The zero-order valence-electron chi connectivity index (χ0n) is 36.8. The monoisotopic (exact) mass is 872 g/mol. The van der Waals surface area contributed by atoms with Gasteiger partial charge in [-0.25, -0.2) is 19.6 Å². The second kappa shape index (κ2) is 17.1. The number of carbonyl (C=O) groups is 4. The first-order chi connectivity index (χ1) is 31.1. The number of aromatic nitrogens is 4. The van der Waals surface area contributed by atoms with Gasteiger partial charge in [0.2, 0.25) is 11.8 Å². The Hall–Kier alpha value is -6.16. The summed E-state index contributed by atoms with van der Waals surface area (Å²) in [6.45, 7) is 5.95. The summed E-state index contributed by atoms with van der Waals surface area (Å²) >= 11 is 0. The van der Waals surface area contributed by atoms with Crippen molar-refractivity contribution in [3.8, 4) is 28.1 Å². The number of aromatic amines is 2. The molecule has 5 aromatic rings. The number of hydrogen-bond acceptors (Lipinski definition) is 10. The van der Waals surface area contributed by atoms with E-state index in [9.17, 15) is 19.2 Å². The smallest absolute Gasteiger partial charge is 0.407 e. The number of rotatable bonds is 9. The maximum Gasteiger partial charge on any atom is 0.407 e. The number of alkyl carbamates (subject to hydrolysis) is 2. The van der Waals surface area contributed by atoms with Crippen LogP contribution in [0.25, 0.3) is 44.2 Å². The normalized spacial score (nSPS) is 22.8. The highest BCUT2D eigenvalue weighted by atomic mass is 16.5. The Morgan fingerprint density at radius 2 is 1.66 bits per heavy atom. The molecule has 4 amide bonds. The molecule has 10 rings (SSSR count). The van der Waals surface area contributed by atoms with Crippen molar-refractivity contribution in [2.45, 2.75) is 102 Å². The number of carbonyl (C=O) groups excluding carboxylic acids is 4. The number of H-pyrrole nitrogens is 2. The average Bonchev–Trinajstić information content (AvgIpc) is 4.17. The fraction of sp³-hybridized carbons (Fsp3) is 0.500. The Labute approximate surface area is 371 Å². The number of hydrogen-bond donors (Lipinski definition) is 4. The quantitative estimate of drug-likeness (QED) is 0.117. The molecule has 6 heterocycles. The van der Waals surface area contributed by atoms with E-state index in [0.717, 1.165) is 99.9 Å². The van der Waals surface area contributed by atoms with E-state index in [-0.39, 0.29) is 41.8 Å². The van der Waals surface area contributed by atoms with Gasteiger partial charge in [-0.15, -0.1) is 0 Å². The molecular formula is C48H56N8O8. The van der Waals surface area contributed by atoms with Crippen LogP contribution in [0.5, 0.6) is 5.75 Å². The lowest BCUT2D eigenvalue weighted by molar-refractivity contribution is -0.138. The fourth-order valence-corrected chi connectivity index (χ4v) is 11.1. The van der Waals surface area contributed by atoms with Crippen LogP contribution in [0.2, 0.25) is 0 Å². The maximum atomic E-state index is 14.3. The Kier molecular flexibility index (Phi) is 11.2. The number of methoxy groups -OCH3 is 2. The highest BCUT2D eigenvalue weighted by molar-refractivity contribution is 6.07. The van der Waals surface area contributed by atoms with E-state index in [1.807, 2.05) is 35.9 Å². The number of nitrogens with zero attached hydrogens (tertiary/aromatic N) is 4. The van der Waals surface area contributed by atoms with E-state index in [4.69, 9.17) is 28.9 Å². The van der Waals surface area contributed by atoms with Crippen LogP contribution in [-0.2, 0) is 30.4 Å². The summed E-state index contributed by atoms with van der Waals surface area (Å²) in [5, 5.41) is 7.65. The summed E-state index contributed by atoms with van der Waals surface area (Å²) in [7, 11) is 2.62. The second-order valence-electron chi connectivity index (χ2n) is 18.4. The summed E-state index contributed by atoms with van der Waals surface area (Å²) in [6, 6.07) is 13.0. The molecule has 0 spiro atoms. The van der Waals surface area contributed by atoms with E-state index in [0.29, 0.717) is 50.9 Å². The van der Waals surface area contributed by atoms with Gasteiger partial charge in [-0.1, -0.05) is 38.5 Å². The van der Waals surface area contributed by atoms with Crippen LogP contribution in [0.1, 0.15) is 94.5 Å². The fourth-order valence-electron chi connectivity index (χ4n) is 11.1. The van der Waals surface area contributed by atoms with Crippen molar-refractivity contribution in [3.05, 3.63) is 65.9 Å². The molecule has 4 fully saturated rings. The van der Waals surface area contributed by atoms with Crippen LogP contribution < -0.4 is 15.4 Å². The number of ether oxygens (including phenoxy) is 4. The molecule has 16 nitrogen and oxygen atoms in total. The zero-order chi connectivity index (χ0) is 44.2. The molecule has 336 valence electrons. The maximum absolute atomic E-state index is 14.3. The predicted octanol–water partition coefficient (Wildman–Crippen LogP) is 7.30. The van der Waals surface area contributed by atoms with Crippen LogP contribution in [0.3, 0.4) is 0 Å². The van der Waals surface area contributed by atoms with Crippen molar-refractivity contribution >= 4 is 45.8 Å². The molecule has 1 saturated carbocycles. The SMILES string of the molecule is COC(=O)NC(C(=O)N1CCCC1c1ncc(-c2ccc3c(c2)COc2cc4c(ccc5nc([C@@H]6C[C@@H]7CCC[C@@H]7N6C(=O)[C@@H](NC(=O)OC)C(C)C)[nH]c54)cc2-3)[nH]1)C1CCOCC1. The minimum absolute atomic E-state index is 0.0387. The van der Waals surface area contributed by atoms with Gasteiger partial charge < -0.3 is 49.3 Å². The van der Waals surface area contributed by atoms with Gasteiger partial charge in [0.25, 0.3) is 0 Å². The minimum Gasteiger partial charge on any atom is -0.488 e. The van der Waals surface area contributed by atoms with E-state index in [2.05, 4.69) is 57.0 Å². The van der Waals surface area contributed by atoms with Crippen molar-refractivity contribution in [2.24, 2.45) is 17.8 Å². The Bertz CT molecular complexity index is 2620. The molecule has 64 heavy (non-hydrogen) atoms. The van der Waals surface area contributed by atoms with Crippen molar-refractivity contribution in [3.63, 3.8) is 0 Å². The van der Waals surface area contributed by atoms with Gasteiger partial charge in [0.05, 0.1) is 49.2 Å². The third-order valence-electron chi connectivity index (χ3n) is 14.4. The summed E-state index contributed by atoms with van der Waals surface area (Å²) in [5.41, 5.74) is 6.67. The van der Waals surface area contributed by atoms with E-state index >= 15 is 0 Å². The molecule has 4 aliphatic heterocycles. The lowest BCUT2D eigenvalue weighted by Crippen LogP contribution is -2.53. The van der Waals surface area contributed by atoms with Crippen molar-refractivity contribution in [2.75, 3.05) is 34.0 Å². The van der Waals surface area contributed by atoms with Crippen molar-refractivity contribution in [1.82, 2.24) is 40.4 Å². The van der Waals surface area contributed by atoms with Crippen LogP contribution in [0.4, 0.5) is 9.59 Å². The zero-order valence-corrected chi connectivity index (χ0v) is 36.8. The van der Waals surface area contributed by atoms with E-state index in [1.165, 1.54) is 14.2 Å². The summed E-state index contributed by atoms with van der Waals surface area (Å²) in [4.78, 5) is 74.0. The molecule has 3 saturated heterocycles. The summed E-state index contributed by atoms with van der Waals surface area (Å²) < 4.78 is 21.8. The molecule has 4 N–H and O–H groups in total. The van der Waals surface area contributed by atoms with Gasteiger partial charge in [-0.3, -0.25) is 9.59 Å². The molecular weight excluding hydrogens is 817 g/mol. The number of imidazole rings is 2. The Balaban J connectivity index is 0.899. The molecule has 1 aliphatic carbocycles. The lowest BCUT2D eigenvalue weighted by Gasteiger charge is -2.34. The van der Waals surface area contributed by atoms with Crippen LogP contribution in [-0.4, -0.2) is 106 Å². The van der Waals surface area contributed by atoms with E-state index in [1.54, 1.807) is 0 Å². The summed E-state index contributed by atoms with van der Waals surface area (Å²) in [6.07, 6.45) is 7.47. The van der Waals surface area contributed by atoms with E-state index < -0.39 is 24.3 Å². The second-order valence-corrected chi connectivity index (χ2v) is 18.4. The van der Waals surface area contributed by atoms with Crippen LogP contribution in [0, 0.1) is 17.8 Å². The number of likely N-dealkylation sites (tertiary alicyclic amines) is 2. The van der Waals surface area contributed by atoms with Crippen molar-refractivity contribution in [1.29, 1.82) is 0 Å². The summed E-state index contributed by atoms with van der Waals surface area (Å²) in [5.74, 6) is 2.26. The predicted molar refractivity (Wildman–Crippen MR) is 237 cm³/mol. The number of benzene rings is 3. The standard InChI is InChI=1S/C48H56N8O8/c1-25(2)40(53-47(59)61-3)46(58)56-36-8-5-7-29(36)21-38(56)44-50-34-13-11-27-20-33-31-12-10-28(19-30(31)24-64-39(33)22-32(27)42(34)52-44)35-23-49-43(51-35)37-9-6-16-55(37)45(57)41(54-48(60)62-4)26-14-17-63-18-15-26/h10-13,19-20,22-23,25-26,29,36-38,40-41H,5-9,14-18,21,24H2,1-4H3,(H,49,51)(H,50,52)(H,53,59)(H,54,60)/t29-,36-,37?,38-,40-,41?/m0/s1. The van der Waals surface area contributed by atoms with Gasteiger partial charge in [0.15, 0.2) is 0 Å². The number of fused-ring (bicyclic) bond motifs is 7. The molecule has 16 heteroatoms. The molecule has 0 bridgehead atoms. The van der Waals surface area contributed by atoms with Gasteiger partial charge in [-0.05, 0) is 109 Å². The van der Waals surface area contributed by atoms with Gasteiger partial charge in [0.1, 0.15) is 36.1 Å². The van der Waals surface area contributed by atoms with Crippen LogP contribution in [0.15, 0.2) is 48.7 Å². The van der Waals surface area contributed by atoms with Crippen LogP contribution >= 0.6 is 0 Å². The molecule has 3 aromatic carbocycles. The third kappa shape index (κ3) is 7.48. The Morgan fingerprint density at radius 3 is 2.45 bits per heavy atom. The first-order valence-corrected chi connectivity index (χ1v) is 22.8. The molecule has 6 atom stereocenters. The molecule has 0 radical (unpaired) electrons. The van der Waals surface area contributed by atoms with Gasteiger partial charge in [-0.2, -0.15) is 0 Å². The number of nitrogens with one attached hydrogen (secondary N) is 4. The van der Waals surface area contributed by atoms with Crippen molar-refractivity contribution < 1.29 is 38.1 Å². The van der Waals surface area contributed by atoms with Gasteiger partial charge >= 0.3 is 12.2 Å². The van der Waals surface area contributed by atoms with Gasteiger partial charge in [0, 0.05) is 36.8 Å².